The Bertz CT molecular complexity index is 1310. The van der Waals surface area contributed by atoms with Crippen molar-refractivity contribution in [1.29, 1.82) is 0 Å². The molecule has 11 nitrogen and oxygen atoms in total. The summed E-state index contributed by atoms with van der Waals surface area (Å²) in [4.78, 5) is 20.1. The van der Waals surface area contributed by atoms with E-state index in [0.717, 1.165) is 13.2 Å². The molecule has 3 heterocycles. The summed E-state index contributed by atoms with van der Waals surface area (Å²) in [5, 5.41) is 0. The van der Waals surface area contributed by atoms with Gasteiger partial charge in [-0.25, -0.2) is 13.1 Å². The number of anilines is 1. The molecule has 1 aliphatic heterocycles. The molecule has 1 atom stereocenters. The van der Waals surface area contributed by atoms with Crippen LogP contribution in [0.4, 0.5) is 5.69 Å². The van der Waals surface area contributed by atoms with E-state index in [9.17, 15) is 17.8 Å². The van der Waals surface area contributed by atoms with Crippen molar-refractivity contribution in [3.8, 4) is 5.69 Å². The van der Waals surface area contributed by atoms with Crippen LogP contribution in [0.2, 0.25) is 0 Å². The Morgan fingerprint density at radius 1 is 1.11 bits per heavy atom. The van der Waals surface area contributed by atoms with Crippen molar-refractivity contribution < 1.29 is 52.0 Å². The molecule has 38 heavy (non-hydrogen) atoms. The first-order valence-electron chi connectivity index (χ1n) is 11.7. The van der Waals surface area contributed by atoms with Crippen LogP contribution in [0, 0.1) is 12.8 Å². The van der Waals surface area contributed by atoms with Gasteiger partial charge in [0.1, 0.15) is 28.5 Å². The van der Waals surface area contributed by atoms with E-state index in [1.807, 2.05) is 18.3 Å². The Morgan fingerprint density at radius 2 is 1.74 bits per heavy atom. The van der Waals surface area contributed by atoms with Crippen LogP contribution in [0.5, 0.6) is 0 Å². The molecule has 1 unspecified atom stereocenters. The molecule has 0 N–H and O–H groups in total. The zero-order valence-corrected chi connectivity index (χ0v) is 25.6. The van der Waals surface area contributed by atoms with E-state index in [-0.39, 0.29) is 40.8 Å². The van der Waals surface area contributed by atoms with Crippen LogP contribution in [-0.4, -0.2) is 79.2 Å². The van der Waals surface area contributed by atoms with Crippen molar-refractivity contribution in [3.05, 3.63) is 76.5 Å². The maximum atomic E-state index is 12.5. The summed E-state index contributed by atoms with van der Waals surface area (Å²) >= 11 is 0. The molecule has 0 spiro atoms. The molecule has 1 fully saturated rings. The van der Waals surface area contributed by atoms with Crippen molar-refractivity contribution in [2.45, 2.75) is 13.0 Å². The van der Waals surface area contributed by atoms with Gasteiger partial charge in [-0.05, 0) is 44.8 Å². The van der Waals surface area contributed by atoms with Crippen molar-refractivity contribution in [2.75, 3.05) is 51.9 Å². The van der Waals surface area contributed by atoms with Gasteiger partial charge >= 0.3 is 29.6 Å². The summed E-state index contributed by atoms with van der Waals surface area (Å²) in [6.07, 6.45) is 3.71. The molecule has 1 saturated heterocycles. The number of hydrogen-bond donors (Lipinski definition) is 0. The van der Waals surface area contributed by atoms with Crippen molar-refractivity contribution in [3.63, 3.8) is 0 Å². The number of rotatable bonds is 7. The zero-order valence-electron chi connectivity index (χ0n) is 22.8. The first kappa shape index (κ1) is 32.2. The molecule has 2 aromatic heterocycles. The molecule has 1 aromatic carbocycles. The van der Waals surface area contributed by atoms with E-state index < -0.39 is 16.0 Å². The van der Waals surface area contributed by atoms with Crippen molar-refractivity contribution in [2.24, 2.45) is 13.0 Å². The third-order valence-corrected chi connectivity index (χ3v) is 6.82. The molecule has 1 aliphatic rings. The second kappa shape index (κ2) is 14.4. The average Bonchev–Trinajstić information content (AvgIpc) is 3.08. The first-order chi connectivity index (χ1) is 17.5. The van der Waals surface area contributed by atoms with Gasteiger partial charge in [0.2, 0.25) is 0 Å². The molecule has 0 saturated carbocycles. The van der Waals surface area contributed by atoms with Crippen LogP contribution in [0.25, 0.3) is 5.69 Å². The third-order valence-electron chi connectivity index (χ3n) is 6.12. The van der Waals surface area contributed by atoms with Gasteiger partial charge in [-0.1, -0.05) is 24.3 Å². The SMILES string of the molecule is CN(C)C(c1cccnc1)C1COCOC1.Cc1c(N(C)CS(=O)(=O)[O-])c(=O)n(-c2ccccc2)n1C.[Na+]. The topological polar surface area (TPSA) is 122 Å². The van der Waals surface area contributed by atoms with E-state index in [4.69, 9.17) is 9.47 Å². The standard InChI is InChI=1S/C13H17N3O4S.C12H18N2O2.Na/c1-10-12(14(2)9-21(18,19)20)13(17)16(15(10)3)11-7-5-4-6-8-11;1-14(2)12(10-4-3-5-13-6-10)11-7-15-9-16-8-11;/h4-8H,9H2,1-3H3,(H,18,19,20);3-6,11-12H,7-9H2,1-2H3;/q;;+1/p-1. The summed E-state index contributed by atoms with van der Waals surface area (Å²) < 4.78 is 46.4. The number of hydrogen-bond acceptors (Lipinski definition) is 9. The number of ether oxygens (including phenoxy) is 2. The summed E-state index contributed by atoms with van der Waals surface area (Å²) in [5.74, 6) is -0.380. The smallest absolute Gasteiger partial charge is 0.747 e. The van der Waals surface area contributed by atoms with Crippen molar-refractivity contribution in [1.82, 2.24) is 19.2 Å². The Morgan fingerprint density at radius 3 is 2.26 bits per heavy atom. The number of nitrogens with zero attached hydrogens (tertiary/aromatic N) is 5. The Balaban J connectivity index is 0.000000269. The number of para-hydroxylation sites is 1. The van der Waals surface area contributed by atoms with E-state index in [2.05, 4.69) is 30.0 Å². The van der Waals surface area contributed by atoms with Gasteiger partial charge in [0.25, 0.3) is 5.56 Å². The monoisotopic (exact) mass is 555 g/mol. The van der Waals surface area contributed by atoms with Gasteiger partial charge < -0.3 is 23.8 Å². The maximum Gasteiger partial charge on any atom is 1.00 e. The van der Waals surface area contributed by atoms with Gasteiger partial charge in [0.05, 0.1) is 24.6 Å². The Hall–Kier alpha value is -2.03. The van der Waals surface area contributed by atoms with Gasteiger partial charge in [-0.2, -0.15) is 0 Å². The molecular weight excluding hydrogens is 521 g/mol. The second-order valence-corrected chi connectivity index (χ2v) is 10.5. The van der Waals surface area contributed by atoms with Crippen LogP contribution in [0.1, 0.15) is 17.3 Å². The Labute approximate surface area is 246 Å². The van der Waals surface area contributed by atoms with E-state index in [0.29, 0.717) is 30.1 Å². The molecule has 4 rings (SSSR count). The normalized spacial score (nSPS) is 14.8. The van der Waals surface area contributed by atoms with Crippen LogP contribution < -0.4 is 40.0 Å². The first-order valence-corrected chi connectivity index (χ1v) is 13.3. The van der Waals surface area contributed by atoms with E-state index in [1.165, 1.54) is 22.2 Å². The maximum absolute atomic E-state index is 12.5. The van der Waals surface area contributed by atoms with E-state index >= 15 is 0 Å². The van der Waals surface area contributed by atoms with Crippen LogP contribution in [-0.2, 0) is 26.6 Å². The van der Waals surface area contributed by atoms with Crippen LogP contribution in [0.3, 0.4) is 0 Å². The molecule has 3 aromatic rings. The van der Waals surface area contributed by atoms with Crippen LogP contribution >= 0.6 is 0 Å². The van der Waals surface area contributed by atoms with Gasteiger partial charge in [0, 0.05) is 38.4 Å². The minimum atomic E-state index is -4.45. The summed E-state index contributed by atoms with van der Waals surface area (Å²) in [6, 6.07) is 13.4. The fourth-order valence-electron chi connectivity index (χ4n) is 4.53. The number of aromatic nitrogens is 3. The van der Waals surface area contributed by atoms with Crippen molar-refractivity contribution >= 4 is 15.8 Å². The summed E-state index contributed by atoms with van der Waals surface area (Å²) in [7, 11) is 2.81. The minimum absolute atomic E-state index is 0. The second-order valence-electron chi connectivity index (χ2n) is 9.11. The van der Waals surface area contributed by atoms with Gasteiger partial charge in [0.15, 0.2) is 0 Å². The van der Waals surface area contributed by atoms with Crippen LogP contribution in [0.15, 0.2) is 59.7 Å². The summed E-state index contributed by atoms with van der Waals surface area (Å²) in [6.45, 7) is 3.61. The average molecular weight is 556 g/mol. The van der Waals surface area contributed by atoms with E-state index in [1.54, 1.807) is 49.1 Å². The molecule has 0 bridgehead atoms. The largest absolute Gasteiger partial charge is 1.00 e. The van der Waals surface area contributed by atoms with Gasteiger partial charge in [-0.15, -0.1) is 0 Å². The summed E-state index contributed by atoms with van der Waals surface area (Å²) in [5.41, 5.74) is 2.28. The quantitative estimate of drug-likeness (QED) is 0.260. The third kappa shape index (κ3) is 8.23. The minimum Gasteiger partial charge on any atom is -0.747 e. The fourth-order valence-corrected chi connectivity index (χ4v) is 5.13. The number of pyridine rings is 1. The molecule has 0 amide bonds. The zero-order chi connectivity index (χ0) is 27.2. The molecule has 0 radical (unpaired) electrons. The fraction of sp³-hybridized carbons (Fsp3) is 0.440. The van der Waals surface area contributed by atoms with Gasteiger partial charge in [-0.3, -0.25) is 14.5 Å². The predicted molar refractivity (Wildman–Crippen MR) is 140 cm³/mol. The molecule has 202 valence electrons. The predicted octanol–water partition coefficient (Wildman–Crippen LogP) is -1.27. The Kier molecular flexibility index (Phi) is 12.2. The molecular formula is C25H34N5NaO6S. The molecule has 0 aliphatic carbocycles. The molecule has 13 heteroatoms. The number of benzene rings is 1.